The Morgan fingerprint density at radius 1 is 1.06 bits per heavy atom. The molecule has 0 unspecified atom stereocenters. The van der Waals surface area contributed by atoms with Gasteiger partial charge in [-0.3, -0.25) is 0 Å². The van der Waals surface area contributed by atoms with E-state index in [-0.39, 0.29) is 0 Å². The van der Waals surface area contributed by atoms with Crippen molar-refractivity contribution in [1.82, 2.24) is 0 Å². The lowest BCUT2D eigenvalue weighted by Gasteiger charge is -2.21. The molecule has 2 heteroatoms. The van der Waals surface area contributed by atoms with Crippen LogP contribution in [0.15, 0.2) is 48.5 Å². The summed E-state index contributed by atoms with van der Waals surface area (Å²) < 4.78 is 0. The molecule has 0 saturated heterocycles. The van der Waals surface area contributed by atoms with Crippen molar-refractivity contribution in [3.63, 3.8) is 0 Å². The van der Waals surface area contributed by atoms with E-state index in [1.54, 1.807) is 0 Å². The highest BCUT2D eigenvalue weighted by molar-refractivity contribution is 5.66. The van der Waals surface area contributed by atoms with Gasteiger partial charge in [-0.1, -0.05) is 24.3 Å². The van der Waals surface area contributed by atoms with Crippen molar-refractivity contribution < 1.29 is 0 Å². The second kappa shape index (κ2) is 4.71. The molecule has 0 aromatic heterocycles. The zero-order chi connectivity index (χ0) is 12.3. The molecule has 0 amide bonds. The van der Waals surface area contributed by atoms with Crippen molar-refractivity contribution in [2.75, 3.05) is 11.9 Å². The van der Waals surface area contributed by atoms with Crippen LogP contribution >= 0.6 is 0 Å². The third kappa shape index (κ3) is 2.29. The van der Waals surface area contributed by atoms with E-state index >= 15 is 0 Å². The fourth-order valence-electron chi connectivity index (χ4n) is 1.86. The standard InChI is InChI=1S/C15H14N2/c1-12-6-3-4-9-15(12)17(2)14-8-5-7-13(10-14)11-16/h3-10H,1-2H3. The Morgan fingerprint density at radius 3 is 2.53 bits per heavy atom. The first kappa shape index (κ1) is 11.2. The van der Waals surface area contributed by atoms with Crippen LogP contribution in [0.25, 0.3) is 0 Å². The molecule has 84 valence electrons. The van der Waals surface area contributed by atoms with Crippen LogP contribution in [0.4, 0.5) is 11.4 Å². The summed E-state index contributed by atoms with van der Waals surface area (Å²) in [6, 6.07) is 18.0. The molecule has 2 rings (SSSR count). The SMILES string of the molecule is Cc1ccccc1N(C)c1cccc(C#N)c1. The van der Waals surface area contributed by atoms with Gasteiger partial charge in [0.2, 0.25) is 0 Å². The van der Waals surface area contributed by atoms with E-state index < -0.39 is 0 Å². The molecule has 0 spiro atoms. The number of para-hydroxylation sites is 1. The highest BCUT2D eigenvalue weighted by atomic mass is 15.1. The summed E-state index contributed by atoms with van der Waals surface area (Å²) in [6.45, 7) is 2.08. The van der Waals surface area contributed by atoms with Gasteiger partial charge < -0.3 is 4.90 Å². The zero-order valence-electron chi connectivity index (χ0n) is 10.0. The van der Waals surface area contributed by atoms with Crippen molar-refractivity contribution in [2.24, 2.45) is 0 Å². The van der Waals surface area contributed by atoms with Crippen molar-refractivity contribution in [3.05, 3.63) is 59.7 Å². The van der Waals surface area contributed by atoms with Crippen LogP contribution in [0, 0.1) is 18.3 Å². The summed E-state index contributed by atoms with van der Waals surface area (Å²) in [7, 11) is 2.01. The van der Waals surface area contributed by atoms with Gasteiger partial charge in [-0.2, -0.15) is 5.26 Å². The average molecular weight is 222 g/mol. The molecule has 0 N–H and O–H groups in total. The quantitative estimate of drug-likeness (QED) is 0.775. The van der Waals surface area contributed by atoms with Gasteiger partial charge in [-0.25, -0.2) is 0 Å². The zero-order valence-corrected chi connectivity index (χ0v) is 10.0. The molecule has 0 heterocycles. The predicted molar refractivity (Wildman–Crippen MR) is 70.4 cm³/mol. The molecule has 0 aliphatic heterocycles. The number of hydrogen-bond donors (Lipinski definition) is 0. The molecular formula is C15H14N2. The number of nitrogens with zero attached hydrogens (tertiary/aromatic N) is 2. The van der Waals surface area contributed by atoms with Crippen molar-refractivity contribution in [2.45, 2.75) is 6.92 Å². The summed E-state index contributed by atoms with van der Waals surface area (Å²) in [4.78, 5) is 2.09. The minimum absolute atomic E-state index is 0.683. The normalized spacial score (nSPS) is 9.71. The predicted octanol–water partition coefficient (Wildman–Crippen LogP) is 3.63. The first-order valence-corrected chi connectivity index (χ1v) is 5.52. The van der Waals surface area contributed by atoms with Crippen LogP contribution in [-0.4, -0.2) is 7.05 Å². The smallest absolute Gasteiger partial charge is 0.0992 e. The molecule has 17 heavy (non-hydrogen) atoms. The topological polar surface area (TPSA) is 27.0 Å². The molecule has 2 nitrogen and oxygen atoms in total. The molecule has 0 fully saturated rings. The van der Waals surface area contributed by atoms with Gasteiger partial charge in [-0.05, 0) is 36.8 Å². The lowest BCUT2D eigenvalue weighted by molar-refractivity contribution is 1.18. The minimum Gasteiger partial charge on any atom is -0.344 e. The number of anilines is 2. The Labute approximate surface area is 102 Å². The fraction of sp³-hybridized carbons (Fsp3) is 0.133. The third-order valence-corrected chi connectivity index (χ3v) is 2.84. The maximum absolute atomic E-state index is 8.90. The molecular weight excluding hydrogens is 208 g/mol. The van der Waals surface area contributed by atoms with Crippen molar-refractivity contribution in [3.8, 4) is 6.07 Å². The highest BCUT2D eigenvalue weighted by Crippen LogP contribution is 2.26. The Hall–Kier alpha value is -2.27. The van der Waals surface area contributed by atoms with E-state index in [0.29, 0.717) is 5.56 Å². The van der Waals surface area contributed by atoms with Crippen molar-refractivity contribution in [1.29, 1.82) is 5.26 Å². The summed E-state index contributed by atoms with van der Waals surface area (Å²) in [5, 5.41) is 8.90. The number of benzene rings is 2. The van der Waals surface area contributed by atoms with Crippen LogP contribution in [0.3, 0.4) is 0 Å². The monoisotopic (exact) mass is 222 g/mol. The maximum Gasteiger partial charge on any atom is 0.0992 e. The van der Waals surface area contributed by atoms with Gasteiger partial charge in [0.25, 0.3) is 0 Å². The van der Waals surface area contributed by atoms with E-state index in [0.717, 1.165) is 11.4 Å². The largest absolute Gasteiger partial charge is 0.344 e. The average Bonchev–Trinajstić information content (AvgIpc) is 2.38. The van der Waals surface area contributed by atoms with Crippen LogP contribution in [-0.2, 0) is 0 Å². The van der Waals surface area contributed by atoms with Gasteiger partial charge in [0.15, 0.2) is 0 Å². The van der Waals surface area contributed by atoms with Gasteiger partial charge in [0, 0.05) is 18.4 Å². The highest BCUT2D eigenvalue weighted by Gasteiger charge is 2.06. The second-order valence-corrected chi connectivity index (χ2v) is 4.01. The van der Waals surface area contributed by atoms with Gasteiger partial charge in [0.05, 0.1) is 11.6 Å². The third-order valence-electron chi connectivity index (χ3n) is 2.84. The summed E-state index contributed by atoms with van der Waals surface area (Å²) >= 11 is 0. The number of nitriles is 1. The lowest BCUT2D eigenvalue weighted by atomic mass is 10.1. The van der Waals surface area contributed by atoms with E-state index in [1.807, 2.05) is 43.4 Å². The first-order chi connectivity index (χ1) is 8.22. The van der Waals surface area contributed by atoms with E-state index in [1.165, 1.54) is 5.56 Å². The van der Waals surface area contributed by atoms with E-state index in [9.17, 15) is 0 Å². The van der Waals surface area contributed by atoms with Gasteiger partial charge >= 0.3 is 0 Å². The molecule has 0 radical (unpaired) electrons. The van der Waals surface area contributed by atoms with E-state index in [2.05, 4.69) is 30.0 Å². The van der Waals surface area contributed by atoms with Crippen molar-refractivity contribution >= 4 is 11.4 Å². The molecule has 0 saturated carbocycles. The number of rotatable bonds is 2. The summed E-state index contributed by atoms with van der Waals surface area (Å²) in [5.41, 5.74) is 4.08. The van der Waals surface area contributed by atoms with Crippen LogP contribution < -0.4 is 4.90 Å². The number of aryl methyl sites for hydroxylation is 1. The fourth-order valence-corrected chi connectivity index (χ4v) is 1.86. The first-order valence-electron chi connectivity index (χ1n) is 5.52. The van der Waals surface area contributed by atoms with Gasteiger partial charge in [-0.15, -0.1) is 0 Å². The lowest BCUT2D eigenvalue weighted by Crippen LogP contribution is -2.10. The van der Waals surface area contributed by atoms with E-state index in [4.69, 9.17) is 5.26 Å². The molecule has 2 aromatic rings. The van der Waals surface area contributed by atoms with Crippen LogP contribution in [0.5, 0.6) is 0 Å². The maximum atomic E-state index is 8.90. The Kier molecular flexibility index (Phi) is 3.11. The van der Waals surface area contributed by atoms with Gasteiger partial charge in [0.1, 0.15) is 0 Å². The summed E-state index contributed by atoms with van der Waals surface area (Å²) in [6.07, 6.45) is 0. The molecule has 2 aromatic carbocycles. The van der Waals surface area contributed by atoms with Crippen LogP contribution in [0.2, 0.25) is 0 Å². The minimum atomic E-state index is 0.683. The summed E-state index contributed by atoms with van der Waals surface area (Å²) in [5.74, 6) is 0. The Morgan fingerprint density at radius 2 is 1.82 bits per heavy atom. The Balaban J connectivity index is 2.41. The molecule has 0 bridgehead atoms. The second-order valence-electron chi connectivity index (χ2n) is 4.01. The molecule has 0 atom stereocenters. The molecule has 0 aliphatic carbocycles. The number of hydrogen-bond acceptors (Lipinski definition) is 2. The molecule has 0 aliphatic rings. The van der Waals surface area contributed by atoms with Crippen LogP contribution in [0.1, 0.15) is 11.1 Å². The Bertz CT molecular complexity index is 567.